The van der Waals surface area contributed by atoms with Gasteiger partial charge < -0.3 is 9.80 Å². The van der Waals surface area contributed by atoms with Gasteiger partial charge in [0.1, 0.15) is 5.82 Å². The van der Waals surface area contributed by atoms with Gasteiger partial charge in [-0.25, -0.2) is 13.4 Å². The first-order valence-corrected chi connectivity index (χ1v) is 13.1. The molecule has 0 unspecified atom stereocenters. The van der Waals surface area contributed by atoms with Crippen LogP contribution in [-0.4, -0.2) is 56.1 Å². The van der Waals surface area contributed by atoms with E-state index in [1.54, 1.807) is 12.3 Å². The molecule has 2 heterocycles. The number of rotatable bonds is 8. The van der Waals surface area contributed by atoms with Crippen molar-refractivity contribution in [2.24, 2.45) is 0 Å². The number of hydrogen-bond donors (Lipinski definition) is 1. The van der Waals surface area contributed by atoms with Crippen molar-refractivity contribution in [1.29, 1.82) is 0 Å². The van der Waals surface area contributed by atoms with Gasteiger partial charge in [0, 0.05) is 31.7 Å². The third-order valence-electron chi connectivity index (χ3n) is 5.93. The highest BCUT2D eigenvalue weighted by atomic mass is 32.2. The lowest BCUT2D eigenvalue weighted by molar-refractivity contribution is 0.0746. The van der Waals surface area contributed by atoms with Crippen LogP contribution in [-0.2, 0) is 10.0 Å². The van der Waals surface area contributed by atoms with Crippen molar-refractivity contribution in [2.75, 3.05) is 41.6 Å². The smallest absolute Gasteiger partial charge is 0.253 e. The van der Waals surface area contributed by atoms with Crippen LogP contribution in [0.1, 0.15) is 36.5 Å². The molecule has 1 aliphatic rings. The van der Waals surface area contributed by atoms with Crippen LogP contribution < -0.4 is 9.62 Å². The Morgan fingerprint density at radius 3 is 2.42 bits per heavy atom. The average molecular weight is 467 g/mol. The molecule has 0 bridgehead atoms. The Morgan fingerprint density at radius 1 is 0.970 bits per heavy atom. The number of carbonyl (C=O) groups excluding carboxylic acids is 1. The van der Waals surface area contributed by atoms with Crippen molar-refractivity contribution in [1.82, 2.24) is 9.88 Å². The van der Waals surface area contributed by atoms with Crippen LogP contribution in [0.5, 0.6) is 0 Å². The molecule has 4 rings (SSSR count). The van der Waals surface area contributed by atoms with Gasteiger partial charge in [-0.15, -0.1) is 0 Å². The Morgan fingerprint density at radius 2 is 1.73 bits per heavy atom. The molecule has 2 aromatic carbocycles. The van der Waals surface area contributed by atoms with Crippen LogP contribution in [0.15, 0.2) is 60.8 Å². The molecule has 1 fully saturated rings. The van der Waals surface area contributed by atoms with E-state index in [1.807, 2.05) is 60.4 Å². The van der Waals surface area contributed by atoms with Crippen molar-refractivity contribution in [3.05, 3.63) is 66.4 Å². The standard InChI is InChI=1S/C25H30N4O3S/c1-2-3-6-17-33(31,32)27-23-11-12-24(26-19-23)28-13-15-29(16-14-28)25(30)22-10-9-20-7-4-5-8-21(20)18-22/h4-5,7-12,18-19,27H,2-3,6,13-17H2,1H3. The van der Waals surface area contributed by atoms with Crippen LogP contribution in [0, 0.1) is 0 Å². The highest BCUT2D eigenvalue weighted by Gasteiger charge is 2.23. The number of nitrogens with zero attached hydrogens (tertiary/aromatic N) is 3. The molecule has 3 aromatic rings. The van der Waals surface area contributed by atoms with E-state index in [-0.39, 0.29) is 11.7 Å². The molecule has 1 aromatic heterocycles. The van der Waals surface area contributed by atoms with Crippen molar-refractivity contribution in [2.45, 2.75) is 26.2 Å². The monoisotopic (exact) mass is 466 g/mol. The average Bonchev–Trinajstić information content (AvgIpc) is 2.84. The van der Waals surface area contributed by atoms with Crippen LogP contribution in [0.25, 0.3) is 10.8 Å². The molecule has 0 radical (unpaired) electrons. The van der Waals surface area contributed by atoms with E-state index < -0.39 is 10.0 Å². The maximum Gasteiger partial charge on any atom is 0.253 e. The van der Waals surface area contributed by atoms with Gasteiger partial charge in [-0.1, -0.05) is 50.1 Å². The van der Waals surface area contributed by atoms with E-state index in [4.69, 9.17) is 0 Å². The van der Waals surface area contributed by atoms with E-state index in [0.29, 0.717) is 43.9 Å². The Labute approximate surface area is 195 Å². The van der Waals surface area contributed by atoms with Crippen molar-refractivity contribution in [3.8, 4) is 0 Å². The largest absolute Gasteiger partial charge is 0.353 e. The lowest BCUT2D eigenvalue weighted by atomic mass is 10.1. The van der Waals surface area contributed by atoms with Gasteiger partial charge in [0.15, 0.2) is 0 Å². The van der Waals surface area contributed by atoms with Gasteiger partial charge in [0.2, 0.25) is 10.0 Å². The van der Waals surface area contributed by atoms with E-state index in [2.05, 4.69) is 14.6 Å². The zero-order valence-corrected chi connectivity index (χ0v) is 19.7. The third-order valence-corrected chi connectivity index (χ3v) is 7.30. The maximum atomic E-state index is 13.0. The van der Waals surface area contributed by atoms with Gasteiger partial charge in [-0.3, -0.25) is 9.52 Å². The second kappa shape index (κ2) is 10.2. The molecular formula is C25H30N4O3S. The summed E-state index contributed by atoms with van der Waals surface area (Å²) < 4.78 is 26.9. The molecule has 7 nitrogen and oxygen atoms in total. The number of unbranched alkanes of at least 4 members (excludes halogenated alkanes) is 2. The topological polar surface area (TPSA) is 82.6 Å². The number of nitrogens with one attached hydrogen (secondary N) is 1. The maximum absolute atomic E-state index is 13.0. The molecule has 0 atom stereocenters. The molecule has 33 heavy (non-hydrogen) atoms. The molecular weight excluding hydrogens is 436 g/mol. The van der Waals surface area contributed by atoms with Gasteiger partial charge in [0.25, 0.3) is 5.91 Å². The van der Waals surface area contributed by atoms with Crippen LogP contribution in [0.4, 0.5) is 11.5 Å². The molecule has 8 heteroatoms. The first-order valence-electron chi connectivity index (χ1n) is 11.4. The van der Waals surface area contributed by atoms with Gasteiger partial charge in [-0.05, 0) is 41.5 Å². The number of sulfonamides is 1. The number of amides is 1. The Hall–Kier alpha value is -3.13. The summed E-state index contributed by atoms with van der Waals surface area (Å²) in [6, 6.07) is 17.4. The normalized spacial score (nSPS) is 14.5. The summed E-state index contributed by atoms with van der Waals surface area (Å²) in [4.78, 5) is 21.4. The zero-order chi connectivity index (χ0) is 23.3. The summed E-state index contributed by atoms with van der Waals surface area (Å²) in [5.41, 5.74) is 1.18. The van der Waals surface area contributed by atoms with Gasteiger partial charge in [0.05, 0.1) is 17.6 Å². The summed E-state index contributed by atoms with van der Waals surface area (Å²) >= 11 is 0. The predicted molar refractivity (Wildman–Crippen MR) is 133 cm³/mol. The Kier molecular flexibility index (Phi) is 7.13. The fourth-order valence-corrected chi connectivity index (χ4v) is 5.22. The number of fused-ring (bicyclic) bond motifs is 1. The number of aromatic nitrogens is 1. The number of anilines is 2. The van der Waals surface area contributed by atoms with Crippen molar-refractivity contribution >= 4 is 38.2 Å². The van der Waals surface area contributed by atoms with E-state index in [0.717, 1.165) is 29.4 Å². The summed E-state index contributed by atoms with van der Waals surface area (Å²) in [7, 11) is -3.35. The molecule has 0 spiro atoms. The number of hydrogen-bond acceptors (Lipinski definition) is 5. The number of carbonyl (C=O) groups is 1. The second-order valence-electron chi connectivity index (χ2n) is 8.37. The fraction of sp³-hybridized carbons (Fsp3) is 0.360. The summed E-state index contributed by atoms with van der Waals surface area (Å²) in [6.45, 7) is 4.61. The summed E-state index contributed by atoms with van der Waals surface area (Å²) in [6.07, 6.45) is 4.08. The van der Waals surface area contributed by atoms with Crippen LogP contribution in [0.3, 0.4) is 0 Å². The SMILES string of the molecule is CCCCCS(=O)(=O)Nc1ccc(N2CCN(C(=O)c3ccc4ccccc4c3)CC2)nc1. The van der Waals surface area contributed by atoms with Crippen molar-refractivity contribution < 1.29 is 13.2 Å². The Balaban J connectivity index is 1.33. The summed E-state index contributed by atoms with van der Waals surface area (Å²) in [5, 5.41) is 2.18. The van der Waals surface area contributed by atoms with E-state index in [9.17, 15) is 13.2 Å². The Bertz CT molecular complexity index is 1200. The third kappa shape index (κ3) is 5.82. The first kappa shape index (κ1) is 23.0. The minimum absolute atomic E-state index is 0.0428. The fourth-order valence-electron chi connectivity index (χ4n) is 4.05. The lowest BCUT2D eigenvalue weighted by Crippen LogP contribution is -2.49. The molecule has 0 aliphatic carbocycles. The predicted octanol–water partition coefficient (Wildman–Crippen LogP) is 4.13. The summed E-state index contributed by atoms with van der Waals surface area (Å²) in [5.74, 6) is 0.943. The van der Waals surface area contributed by atoms with Crippen LogP contribution >= 0.6 is 0 Å². The molecule has 174 valence electrons. The lowest BCUT2D eigenvalue weighted by Gasteiger charge is -2.35. The number of benzene rings is 2. The molecule has 1 saturated heterocycles. The quantitative estimate of drug-likeness (QED) is 0.505. The minimum Gasteiger partial charge on any atom is -0.353 e. The first-order chi connectivity index (χ1) is 15.9. The number of pyridine rings is 1. The van der Waals surface area contributed by atoms with Crippen molar-refractivity contribution in [3.63, 3.8) is 0 Å². The second-order valence-corrected chi connectivity index (χ2v) is 10.2. The molecule has 0 saturated carbocycles. The zero-order valence-electron chi connectivity index (χ0n) is 18.9. The van der Waals surface area contributed by atoms with Crippen LogP contribution in [0.2, 0.25) is 0 Å². The van der Waals surface area contributed by atoms with E-state index >= 15 is 0 Å². The molecule has 1 amide bonds. The highest BCUT2D eigenvalue weighted by molar-refractivity contribution is 7.92. The minimum atomic E-state index is -3.35. The molecule has 1 aliphatic heterocycles. The molecule has 1 N–H and O–H groups in total. The van der Waals surface area contributed by atoms with Gasteiger partial charge in [-0.2, -0.15) is 0 Å². The highest BCUT2D eigenvalue weighted by Crippen LogP contribution is 2.20. The van der Waals surface area contributed by atoms with Gasteiger partial charge >= 0.3 is 0 Å². The van der Waals surface area contributed by atoms with E-state index in [1.165, 1.54) is 0 Å². The number of piperazine rings is 1.